The molecular weight excluding hydrogens is 160 g/mol. The number of nitrogens with two attached hydrogens (primary N) is 1. The zero-order valence-electron chi connectivity index (χ0n) is 6.22. The van der Waals surface area contributed by atoms with Gasteiger partial charge in [-0.25, -0.2) is 4.98 Å². The minimum Gasteiger partial charge on any atom is -0.384 e. The largest absolute Gasteiger partial charge is 0.384 e. The zero-order chi connectivity index (χ0) is 8.27. The molecule has 5 heteroatoms. The van der Waals surface area contributed by atoms with Crippen LogP contribution in [0.2, 0.25) is 0 Å². The van der Waals surface area contributed by atoms with Crippen LogP contribution in [0.4, 0.5) is 5.82 Å². The standard InChI is InChI=1S/C6H10N4S/c1-8-3-4-2-5(7)10-6(11)9-4/h2,8H,3H2,1H3,(H3,7,9,10,11). The lowest BCUT2D eigenvalue weighted by molar-refractivity contribution is 0.784. The summed E-state index contributed by atoms with van der Waals surface area (Å²) in [6.45, 7) is 0.719. The van der Waals surface area contributed by atoms with Crippen LogP contribution in [0.25, 0.3) is 0 Å². The maximum atomic E-state index is 5.46. The predicted molar refractivity (Wildman–Crippen MR) is 46.6 cm³/mol. The zero-order valence-corrected chi connectivity index (χ0v) is 7.03. The second kappa shape index (κ2) is 3.45. The Bertz CT molecular complexity index is 293. The number of nitrogens with one attached hydrogen (secondary N) is 2. The number of nitrogen functional groups attached to an aromatic ring is 1. The predicted octanol–water partition coefficient (Wildman–Crippen LogP) is 0.441. The summed E-state index contributed by atoms with van der Waals surface area (Å²) in [6.07, 6.45) is 0. The van der Waals surface area contributed by atoms with Crippen LogP contribution in [0.5, 0.6) is 0 Å². The molecule has 11 heavy (non-hydrogen) atoms. The van der Waals surface area contributed by atoms with Crippen molar-refractivity contribution in [2.75, 3.05) is 12.8 Å². The number of nitrogens with zero attached hydrogens (tertiary/aromatic N) is 1. The SMILES string of the molecule is CNCc1cc(N)nc(=S)[nH]1. The molecule has 0 aromatic carbocycles. The van der Waals surface area contributed by atoms with Crippen molar-refractivity contribution in [1.82, 2.24) is 15.3 Å². The topological polar surface area (TPSA) is 66.7 Å². The van der Waals surface area contributed by atoms with Gasteiger partial charge in [-0.1, -0.05) is 0 Å². The van der Waals surface area contributed by atoms with Crippen LogP contribution in [-0.2, 0) is 6.54 Å². The van der Waals surface area contributed by atoms with Crippen molar-refractivity contribution in [3.8, 4) is 0 Å². The molecule has 0 aliphatic heterocycles. The molecule has 0 saturated heterocycles. The second-order valence-electron chi connectivity index (χ2n) is 2.17. The lowest BCUT2D eigenvalue weighted by atomic mass is 10.4. The molecule has 0 aliphatic carbocycles. The van der Waals surface area contributed by atoms with Crippen molar-refractivity contribution >= 4 is 18.0 Å². The number of anilines is 1. The molecule has 0 aliphatic rings. The van der Waals surface area contributed by atoms with Gasteiger partial charge in [0, 0.05) is 18.3 Å². The quantitative estimate of drug-likeness (QED) is 0.563. The Labute approximate surface area is 69.8 Å². The Kier molecular flexibility index (Phi) is 2.56. The molecule has 1 rings (SSSR count). The maximum Gasteiger partial charge on any atom is 0.198 e. The molecule has 0 saturated carbocycles. The van der Waals surface area contributed by atoms with Gasteiger partial charge in [0.05, 0.1) is 0 Å². The minimum atomic E-state index is 0.426. The number of hydrogen-bond acceptors (Lipinski definition) is 4. The summed E-state index contributed by atoms with van der Waals surface area (Å²) < 4.78 is 0.426. The van der Waals surface area contributed by atoms with Crippen LogP contribution in [0.1, 0.15) is 5.69 Å². The van der Waals surface area contributed by atoms with Gasteiger partial charge in [0.15, 0.2) is 4.77 Å². The molecule has 0 unspecified atom stereocenters. The van der Waals surface area contributed by atoms with Gasteiger partial charge < -0.3 is 16.0 Å². The molecular formula is C6H10N4S. The fourth-order valence-electron chi connectivity index (χ4n) is 0.815. The van der Waals surface area contributed by atoms with E-state index in [1.54, 1.807) is 6.07 Å². The highest BCUT2D eigenvalue weighted by Gasteiger charge is 1.92. The molecule has 0 bridgehead atoms. The number of aromatic amines is 1. The normalized spacial score (nSPS) is 9.91. The molecule has 1 heterocycles. The van der Waals surface area contributed by atoms with E-state index >= 15 is 0 Å². The second-order valence-corrected chi connectivity index (χ2v) is 2.55. The summed E-state index contributed by atoms with van der Waals surface area (Å²) in [5.74, 6) is 0.457. The Morgan fingerprint density at radius 1 is 1.82 bits per heavy atom. The van der Waals surface area contributed by atoms with E-state index in [0.717, 1.165) is 12.2 Å². The van der Waals surface area contributed by atoms with Crippen LogP contribution in [-0.4, -0.2) is 17.0 Å². The first-order chi connectivity index (χ1) is 5.22. The van der Waals surface area contributed by atoms with Crippen molar-refractivity contribution in [3.05, 3.63) is 16.5 Å². The van der Waals surface area contributed by atoms with Crippen LogP contribution >= 0.6 is 12.2 Å². The molecule has 4 nitrogen and oxygen atoms in total. The molecule has 0 atom stereocenters. The summed E-state index contributed by atoms with van der Waals surface area (Å²) in [7, 11) is 1.85. The van der Waals surface area contributed by atoms with Crippen molar-refractivity contribution < 1.29 is 0 Å². The minimum absolute atomic E-state index is 0.426. The van der Waals surface area contributed by atoms with Crippen molar-refractivity contribution in [3.63, 3.8) is 0 Å². The fraction of sp³-hybridized carbons (Fsp3) is 0.333. The number of rotatable bonds is 2. The first kappa shape index (κ1) is 8.16. The van der Waals surface area contributed by atoms with E-state index in [2.05, 4.69) is 15.3 Å². The molecule has 0 spiro atoms. The molecule has 60 valence electrons. The van der Waals surface area contributed by atoms with Crippen molar-refractivity contribution in [1.29, 1.82) is 0 Å². The van der Waals surface area contributed by atoms with Gasteiger partial charge in [0.25, 0.3) is 0 Å². The Morgan fingerprint density at radius 3 is 3.09 bits per heavy atom. The molecule has 0 amide bonds. The number of aromatic nitrogens is 2. The van der Waals surface area contributed by atoms with Crippen LogP contribution in [0.15, 0.2) is 6.07 Å². The fourth-order valence-corrected chi connectivity index (χ4v) is 1.05. The average Bonchev–Trinajstić information content (AvgIpc) is 1.85. The van der Waals surface area contributed by atoms with Gasteiger partial charge >= 0.3 is 0 Å². The van der Waals surface area contributed by atoms with Crippen molar-refractivity contribution in [2.24, 2.45) is 0 Å². The lowest BCUT2D eigenvalue weighted by Gasteiger charge is -2.00. The molecule has 0 fully saturated rings. The first-order valence-corrected chi connectivity index (χ1v) is 3.63. The highest BCUT2D eigenvalue weighted by atomic mass is 32.1. The van der Waals surface area contributed by atoms with Gasteiger partial charge in [-0.3, -0.25) is 0 Å². The maximum absolute atomic E-state index is 5.46. The molecule has 4 N–H and O–H groups in total. The van der Waals surface area contributed by atoms with E-state index in [9.17, 15) is 0 Å². The summed E-state index contributed by atoms with van der Waals surface area (Å²) in [5, 5.41) is 2.98. The van der Waals surface area contributed by atoms with Crippen LogP contribution in [0, 0.1) is 4.77 Å². The lowest BCUT2D eigenvalue weighted by Crippen LogP contribution is -2.08. The van der Waals surface area contributed by atoms with Crippen LogP contribution < -0.4 is 11.1 Å². The van der Waals surface area contributed by atoms with Gasteiger partial charge in [0.2, 0.25) is 0 Å². The first-order valence-electron chi connectivity index (χ1n) is 3.22. The van der Waals surface area contributed by atoms with Gasteiger partial charge in [-0.15, -0.1) is 0 Å². The monoisotopic (exact) mass is 170 g/mol. The third-order valence-electron chi connectivity index (χ3n) is 1.19. The summed E-state index contributed by atoms with van der Waals surface area (Å²) in [4.78, 5) is 6.74. The highest BCUT2D eigenvalue weighted by molar-refractivity contribution is 7.71. The summed E-state index contributed by atoms with van der Waals surface area (Å²) in [6, 6.07) is 1.76. The summed E-state index contributed by atoms with van der Waals surface area (Å²) >= 11 is 4.83. The molecule has 1 aromatic rings. The number of H-pyrrole nitrogens is 1. The van der Waals surface area contributed by atoms with Crippen LogP contribution in [0.3, 0.4) is 0 Å². The van der Waals surface area contributed by atoms with E-state index in [4.69, 9.17) is 18.0 Å². The number of hydrogen-bond donors (Lipinski definition) is 3. The third kappa shape index (κ3) is 2.28. The molecule has 0 radical (unpaired) electrons. The van der Waals surface area contributed by atoms with Gasteiger partial charge in [-0.05, 0) is 19.3 Å². The van der Waals surface area contributed by atoms with E-state index < -0.39 is 0 Å². The van der Waals surface area contributed by atoms with E-state index in [0.29, 0.717) is 10.6 Å². The van der Waals surface area contributed by atoms with Crippen molar-refractivity contribution in [2.45, 2.75) is 6.54 Å². The van der Waals surface area contributed by atoms with Gasteiger partial charge in [-0.2, -0.15) is 0 Å². The van der Waals surface area contributed by atoms with E-state index in [1.807, 2.05) is 7.05 Å². The summed E-state index contributed by atoms with van der Waals surface area (Å²) in [5.41, 5.74) is 6.41. The Morgan fingerprint density at radius 2 is 2.55 bits per heavy atom. The average molecular weight is 170 g/mol. The Hall–Kier alpha value is -0.940. The smallest absolute Gasteiger partial charge is 0.198 e. The van der Waals surface area contributed by atoms with E-state index in [-0.39, 0.29) is 0 Å². The van der Waals surface area contributed by atoms with E-state index in [1.165, 1.54) is 0 Å². The Balaban J connectivity index is 2.99. The van der Waals surface area contributed by atoms with Gasteiger partial charge in [0.1, 0.15) is 5.82 Å². The molecule has 1 aromatic heterocycles. The highest BCUT2D eigenvalue weighted by Crippen LogP contribution is 1.99. The third-order valence-corrected chi connectivity index (χ3v) is 1.38.